The lowest BCUT2D eigenvalue weighted by Crippen LogP contribution is -2.47. The summed E-state index contributed by atoms with van der Waals surface area (Å²) in [7, 11) is 1.59. The van der Waals surface area contributed by atoms with Gasteiger partial charge >= 0.3 is 0 Å². The van der Waals surface area contributed by atoms with Crippen LogP contribution in [-0.4, -0.2) is 29.9 Å². The number of aryl methyl sites for hydroxylation is 1. The fourth-order valence-electron chi connectivity index (χ4n) is 2.91. The standard InChI is InChI=1S/C21H23N3O3S/c1-12(2)17(22-19(25)14-9-6-5-8-13(14)3)20(26)24-21-23-18-15(27-4)10-7-11-16(18)28-21/h5-12,17H,1-4H3,(H,22,25)(H,23,24,26)/t17-/m0/s1. The number of methoxy groups -OCH3 is 1. The normalized spacial score (nSPS) is 12.0. The average molecular weight is 398 g/mol. The molecule has 7 heteroatoms. The number of amides is 2. The number of para-hydroxylation sites is 1. The fraction of sp³-hybridized carbons (Fsp3) is 0.286. The summed E-state index contributed by atoms with van der Waals surface area (Å²) < 4.78 is 6.24. The van der Waals surface area contributed by atoms with Gasteiger partial charge in [-0.3, -0.25) is 9.59 Å². The van der Waals surface area contributed by atoms with Crippen LogP contribution in [0.15, 0.2) is 42.5 Å². The molecule has 1 aromatic heterocycles. The highest BCUT2D eigenvalue weighted by Crippen LogP contribution is 2.32. The van der Waals surface area contributed by atoms with E-state index in [4.69, 9.17) is 4.74 Å². The maximum atomic E-state index is 12.8. The van der Waals surface area contributed by atoms with E-state index in [0.29, 0.717) is 22.0 Å². The van der Waals surface area contributed by atoms with Crippen molar-refractivity contribution in [2.24, 2.45) is 5.92 Å². The molecule has 1 heterocycles. The first-order chi connectivity index (χ1) is 13.4. The van der Waals surface area contributed by atoms with Gasteiger partial charge in [0.15, 0.2) is 5.13 Å². The molecule has 2 amide bonds. The van der Waals surface area contributed by atoms with Crippen molar-refractivity contribution in [3.8, 4) is 5.75 Å². The smallest absolute Gasteiger partial charge is 0.252 e. The fourth-order valence-corrected chi connectivity index (χ4v) is 3.79. The zero-order chi connectivity index (χ0) is 20.3. The molecular formula is C21H23N3O3S. The Bertz CT molecular complexity index is 1010. The van der Waals surface area contributed by atoms with Gasteiger partial charge in [-0.1, -0.05) is 49.4 Å². The third kappa shape index (κ3) is 4.14. The Kier molecular flexibility index (Phi) is 5.94. The minimum absolute atomic E-state index is 0.0862. The quantitative estimate of drug-likeness (QED) is 0.659. The van der Waals surface area contributed by atoms with E-state index in [-0.39, 0.29) is 17.7 Å². The number of carbonyl (C=O) groups excluding carboxylic acids is 2. The molecule has 2 aromatic carbocycles. The van der Waals surface area contributed by atoms with E-state index in [1.807, 2.05) is 51.1 Å². The largest absolute Gasteiger partial charge is 0.494 e. The third-order valence-corrected chi connectivity index (χ3v) is 5.39. The van der Waals surface area contributed by atoms with Crippen LogP contribution in [0.3, 0.4) is 0 Å². The van der Waals surface area contributed by atoms with Gasteiger partial charge in [0.2, 0.25) is 5.91 Å². The van der Waals surface area contributed by atoms with Gasteiger partial charge in [0.25, 0.3) is 5.91 Å². The van der Waals surface area contributed by atoms with Crippen molar-refractivity contribution < 1.29 is 14.3 Å². The molecule has 0 unspecified atom stereocenters. The predicted octanol–water partition coefficient (Wildman–Crippen LogP) is 4.01. The number of anilines is 1. The van der Waals surface area contributed by atoms with Crippen LogP contribution in [0.5, 0.6) is 5.75 Å². The topological polar surface area (TPSA) is 80.3 Å². The summed E-state index contributed by atoms with van der Waals surface area (Å²) >= 11 is 1.37. The molecule has 3 aromatic rings. The molecule has 28 heavy (non-hydrogen) atoms. The Hall–Kier alpha value is -2.93. The first kappa shape index (κ1) is 19.8. The van der Waals surface area contributed by atoms with Crippen LogP contribution in [0.2, 0.25) is 0 Å². The second-order valence-electron chi connectivity index (χ2n) is 6.83. The number of carbonyl (C=O) groups is 2. The van der Waals surface area contributed by atoms with E-state index in [2.05, 4.69) is 15.6 Å². The number of nitrogens with zero attached hydrogens (tertiary/aromatic N) is 1. The second kappa shape index (κ2) is 8.39. The van der Waals surface area contributed by atoms with Crippen LogP contribution in [0, 0.1) is 12.8 Å². The molecule has 2 N–H and O–H groups in total. The maximum absolute atomic E-state index is 12.8. The van der Waals surface area contributed by atoms with Gasteiger partial charge in [0.05, 0.1) is 11.8 Å². The number of thiazole rings is 1. The molecule has 0 fully saturated rings. The molecule has 0 aliphatic rings. The molecule has 0 spiro atoms. The lowest BCUT2D eigenvalue weighted by Gasteiger charge is -2.21. The summed E-state index contributed by atoms with van der Waals surface area (Å²) in [6.45, 7) is 5.65. The zero-order valence-electron chi connectivity index (χ0n) is 16.3. The van der Waals surface area contributed by atoms with Gasteiger partial charge in [-0.25, -0.2) is 4.98 Å². The number of fused-ring (bicyclic) bond motifs is 1. The molecule has 0 bridgehead atoms. The van der Waals surface area contributed by atoms with Crippen molar-refractivity contribution in [3.63, 3.8) is 0 Å². The summed E-state index contributed by atoms with van der Waals surface area (Å²) in [5.74, 6) is 0.00673. The summed E-state index contributed by atoms with van der Waals surface area (Å²) in [5.41, 5.74) is 2.13. The van der Waals surface area contributed by atoms with Crippen LogP contribution in [0.1, 0.15) is 29.8 Å². The Morgan fingerprint density at radius 1 is 1.11 bits per heavy atom. The van der Waals surface area contributed by atoms with Gasteiger partial charge in [0.1, 0.15) is 17.3 Å². The van der Waals surface area contributed by atoms with Crippen molar-refractivity contribution in [2.75, 3.05) is 12.4 Å². The highest BCUT2D eigenvalue weighted by molar-refractivity contribution is 7.22. The number of rotatable bonds is 6. The van der Waals surface area contributed by atoms with Crippen molar-refractivity contribution >= 4 is 38.5 Å². The molecule has 0 radical (unpaired) electrons. The second-order valence-corrected chi connectivity index (χ2v) is 7.86. The molecule has 0 saturated carbocycles. The average Bonchev–Trinajstić information content (AvgIpc) is 3.08. The Balaban J connectivity index is 1.78. The summed E-state index contributed by atoms with van der Waals surface area (Å²) in [6.07, 6.45) is 0. The molecule has 146 valence electrons. The van der Waals surface area contributed by atoms with E-state index in [9.17, 15) is 9.59 Å². The number of ether oxygens (including phenoxy) is 1. The van der Waals surface area contributed by atoms with E-state index in [1.165, 1.54) is 11.3 Å². The molecule has 1 atom stereocenters. The zero-order valence-corrected chi connectivity index (χ0v) is 17.1. The number of hydrogen-bond donors (Lipinski definition) is 2. The maximum Gasteiger partial charge on any atom is 0.252 e. The number of nitrogens with one attached hydrogen (secondary N) is 2. The van der Waals surface area contributed by atoms with Gasteiger partial charge in [-0.15, -0.1) is 0 Å². The van der Waals surface area contributed by atoms with Gasteiger partial charge in [-0.05, 0) is 36.6 Å². The van der Waals surface area contributed by atoms with E-state index in [1.54, 1.807) is 19.2 Å². The van der Waals surface area contributed by atoms with Crippen LogP contribution < -0.4 is 15.4 Å². The number of aromatic nitrogens is 1. The molecule has 0 saturated heterocycles. The Morgan fingerprint density at radius 3 is 2.54 bits per heavy atom. The summed E-state index contributed by atoms with van der Waals surface area (Å²) in [6, 6.07) is 12.2. The highest BCUT2D eigenvalue weighted by atomic mass is 32.1. The van der Waals surface area contributed by atoms with Crippen molar-refractivity contribution in [2.45, 2.75) is 26.8 Å². The lowest BCUT2D eigenvalue weighted by molar-refractivity contribution is -0.118. The van der Waals surface area contributed by atoms with Crippen LogP contribution in [-0.2, 0) is 4.79 Å². The van der Waals surface area contributed by atoms with E-state index >= 15 is 0 Å². The lowest BCUT2D eigenvalue weighted by atomic mass is 10.0. The van der Waals surface area contributed by atoms with E-state index < -0.39 is 6.04 Å². The number of benzene rings is 2. The molecule has 3 rings (SSSR count). The Labute approximate surface area is 167 Å². The first-order valence-corrected chi connectivity index (χ1v) is 9.83. The summed E-state index contributed by atoms with van der Waals surface area (Å²) in [4.78, 5) is 30.0. The van der Waals surface area contributed by atoms with Crippen LogP contribution >= 0.6 is 11.3 Å². The molecular weight excluding hydrogens is 374 g/mol. The molecule has 0 aliphatic heterocycles. The predicted molar refractivity (Wildman–Crippen MR) is 112 cm³/mol. The minimum atomic E-state index is -0.680. The van der Waals surface area contributed by atoms with Gasteiger partial charge in [0, 0.05) is 5.56 Å². The minimum Gasteiger partial charge on any atom is -0.494 e. The van der Waals surface area contributed by atoms with Crippen molar-refractivity contribution in [3.05, 3.63) is 53.6 Å². The van der Waals surface area contributed by atoms with Crippen LogP contribution in [0.25, 0.3) is 10.2 Å². The van der Waals surface area contributed by atoms with E-state index in [0.717, 1.165) is 10.3 Å². The molecule has 6 nitrogen and oxygen atoms in total. The Morgan fingerprint density at radius 2 is 1.86 bits per heavy atom. The van der Waals surface area contributed by atoms with Crippen LogP contribution in [0.4, 0.5) is 5.13 Å². The summed E-state index contributed by atoms with van der Waals surface area (Å²) in [5, 5.41) is 6.16. The first-order valence-electron chi connectivity index (χ1n) is 9.01. The number of hydrogen-bond acceptors (Lipinski definition) is 5. The van der Waals surface area contributed by atoms with Gasteiger partial charge < -0.3 is 15.4 Å². The monoisotopic (exact) mass is 397 g/mol. The SMILES string of the molecule is COc1cccc2sc(NC(=O)[C@@H](NC(=O)c3ccccc3C)C(C)C)nc12. The molecule has 0 aliphatic carbocycles. The van der Waals surface area contributed by atoms with Crippen molar-refractivity contribution in [1.82, 2.24) is 10.3 Å². The van der Waals surface area contributed by atoms with Gasteiger partial charge in [-0.2, -0.15) is 0 Å². The third-order valence-electron chi connectivity index (χ3n) is 4.46. The van der Waals surface area contributed by atoms with Crippen molar-refractivity contribution in [1.29, 1.82) is 0 Å². The highest BCUT2D eigenvalue weighted by Gasteiger charge is 2.26.